The molecular formula is C6H3O3. The quantitative estimate of drug-likeness (QED) is 0.426. The number of carbonyl (C=O) groups excluding carboxylic acids is 2. The average Bonchev–Trinajstić information content (AvgIpc) is 1.80. The van der Waals surface area contributed by atoms with Gasteiger partial charge in [-0.05, 0) is 12.2 Å². The van der Waals surface area contributed by atoms with Gasteiger partial charge in [0.2, 0.25) is 11.5 Å². The predicted octanol–water partition coefficient (Wildman–Crippen LogP) is 0.00880. The summed E-state index contributed by atoms with van der Waals surface area (Å²) in [5.74, 6) is -1.78. The number of carbonyl (C=O) groups is 2. The van der Waals surface area contributed by atoms with Gasteiger partial charge in [-0.2, -0.15) is 0 Å². The number of hydrogen-bond donors (Lipinski definition) is 0. The Kier molecular flexibility index (Phi) is 1.18. The van der Waals surface area contributed by atoms with Gasteiger partial charge in [-0.15, -0.1) is 0 Å². The molecule has 0 saturated heterocycles. The molecule has 3 heteroatoms. The van der Waals surface area contributed by atoms with Crippen LogP contribution < -0.4 is 0 Å². The van der Waals surface area contributed by atoms with Crippen LogP contribution in [0.5, 0.6) is 0 Å². The van der Waals surface area contributed by atoms with Crippen LogP contribution >= 0.6 is 0 Å². The van der Waals surface area contributed by atoms with Crippen molar-refractivity contribution in [2.24, 2.45) is 0 Å². The van der Waals surface area contributed by atoms with Gasteiger partial charge in [0.05, 0.1) is 0 Å². The van der Waals surface area contributed by atoms with E-state index in [2.05, 4.69) is 0 Å². The minimum Gasteiger partial charge on any atom is -0.290 e. The van der Waals surface area contributed by atoms with E-state index in [4.69, 9.17) is 0 Å². The molecule has 0 amide bonds. The van der Waals surface area contributed by atoms with Crippen molar-refractivity contribution in [1.82, 2.24) is 0 Å². The SMILES string of the molecule is [O]C1=CC(=O)C=CC1=O. The van der Waals surface area contributed by atoms with E-state index in [1.54, 1.807) is 0 Å². The fourth-order valence-corrected chi connectivity index (χ4v) is 0.488. The van der Waals surface area contributed by atoms with Gasteiger partial charge in [0.1, 0.15) is 0 Å². The highest BCUT2D eigenvalue weighted by Crippen LogP contribution is 2.00. The summed E-state index contributed by atoms with van der Waals surface area (Å²) in [7, 11) is 0. The number of hydrogen-bond acceptors (Lipinski definition) is 2. The van der Waals surface area contributed by atoms with Crippen molar-refractivity contribution in [3.8, 4) is 0 Å². The molecule has 45 valence electrons. The molecule has 0 aliphatic heterocycles. The molecule has 1 radical (unpaired) electrons. The van der Waals surface area contributed by atoms with Crippen LogP contribution in [-0.2, 0) is 14.7 Å². The molecule has 0 unspecified atom stereocenters. The van der Waals surface area contributed by atoms with Crippen molar-refractivity contribution in [1.29, 1.82) is 0 Å². The molecule has 0 aromatic carbocycles. The van der Waals surface area contributed by atoms with E-state index in [0.717, 1.165) is 18.2 Å². The van der Waals surface area contributed by atoms with Gasteiger partial charge < -0.3 is 0 Å². The number of ketones is 2. The monoisotopic (exact) mass is 123 g/mol. The minimum atomic E-state index is -0.734. The van der Waals surface area contributed by atoms with E-state index < -0.39 is 17.3 Å². The first-order valence-corrected chi connectivity index (χ1v) is 2.35. The molecule has 0 bridgehead atoms. The third-order valence-electron chi connectivity index (χ3n) is 0.915. The van der Waals surface area contributed by atoms with E-state index in [0.29, 0.717) is 0 Å². The summed E-state index contributed by atoms with van der Waals surface area (Å²) >= 11 is 0. The Morgan fingerprint density at radius 3 is 2.22 bits per heavy atom. The lowest BCUT2D eigenvalue weighted by molar-refractivity contribution is -0.117. The van der Waals surface area contributed by atoms with E-state index in [1.807, 2.05) is 0 Å². The second-order valence-electron chi connectivity index (χ2n) is 1.61. The van der Waals surface area contributed by atoms with Crippen LogP contribution in [0.25, 0.3) is 0 Å². The smallest absolute Gasteiger partial charge is 0.229 e. The molecule has 1 aliphatic carbocycles. The zero-order chi connectivity index (χ0) is 6.85. The standard InChI is InChI=1S/C6H3O3/c7-4-1-2-5(8)6(9)3-4/h1-3H. The van der Waals surface area contributed by atoms with Crippen LogP contribution in [0.3, 0.4) is 0 Å². The highest BCUT2D eigenvalue weighted by atomic mass is 16.3. The van der Waals surface area contributed by atoms with Crippen molar-refractivity contribution < 1.29 is 14.7 Å². The molecule has 0 heterocycles. The number of allylic oxidation sites excluding steroid dienone is 3. The molecule has 0 atom stereocenters. The Labute approximate surface area is 51.3 Å². The molecule has 0 aromatic rings. The second kappa shape index (κ2) is 1.85. The zero-order valence-corrected chi connectivity index (χ0v) is 4.46. The summed E-state index contributed by atoms with van der Waals surface area (Å²) in [6.07, 6.45) is 2.83. The molecule has 1 rings (SSSR count). The first kappa shape index (κ1) is 5.75. The van der Waals surface area contributed by atoms with E-state index >= 15 is 0 Å². The van der Waals surface area contributed by atoms with E-state index in [-0.39, 0.29) is 0 Å². The van der Waals surface area contributed by atoms with Gasteiger partial charge in [-0.3, -0.25) is 14.7 Å². The maximum absolute atomic E-state index is 10.3. The van der Waals surface area contributed by atoms with Gasteiger partial charge in [0.15, 0.2) is 5.78 Å². The Morgan fingerprint density at radius 1 is 1.11 bits per heavy atom. The summed E-state index contributed by atoms with van der Waals surface area (Å²) in [5.41, 5.74) is 0. The first-order valence-electron chi connectivity index (χ1n) is 2.35. The van der Waals surface area contributed by atoms with Gasteiger partial charge in [0, 0.05) is 6.08 Å². The van der Waals surface area contributed by atoms with Crippen LogP contribution in [-0.4, -0.2) is 11.6 Å². The van der Waals surface area contributed by atoms with Gasteiger partial charge in [-0.1, -0.05) is 0 Å². The molecule has 0 saturated carbocycles. The summed E-state index contributed by atoms with van der Waals surface area (Å²) in [6.45, 7) is 0. The van der Waals surface area contributed by atoms with E-state index in [9.17, 15) is 14.7 Å². The van der Waals surface area contributed by atoms with Crippen LogP contribution in [0.2, 0.25) is 0 Å². The number of rotatable bonds is 0. The molecule has 3 nitrogen and oxygen atoms in total. The zero-order valence-electron chi connectivity index (χ0n) is 4.46. The van der Waals surface area contributed by atoms with Crippen molar-refractivity contribution in [2.75, 3.05) is 0 Å². The van der Waals surface area contributed by atoms with Crippen molar-refractivity contribution in [3.63, 3.8) is 0 Å². The molecular weight excluding hydrogens is 120 g/mol. The highest BCUT2D eigenvalue weighted by molar-refractivity contribution is 6.15. The van der Waals surface area contributed by atoms with Gasteiger partial charge in [0.25, 0.3) is 0 Å². The van der Waals surface area contributed by atoms with Crippen molar-refractivity contribution in [2.45, 2.75) is 0 Å². The third-order valence-corrected chi connectivity index (χ3v) is 0.915. The molecule has 0 fully saturated rings. The first-order chi connectivity index (χ1) is 4.20. The van der Waals surface area contributed by atoms with E-state index in [1.165, 1.54) is 0 Å². The van der Waals surface area contributed by atoms with Crippen molar-refractivity contribution >= 4 is 11.6 Å². The Morgan fingerprint density at radius 2 is 1.78 bits per heavy atom. The van der Waals surface area contributed by atoms with Gasteiger partial charge in [-0.25, -0.2) is 0 Å². The topological polar surface area (TPSA) is 54.0 Å². The third kappa shape index (κ3) is 1.05. The molecule has 0 spiro atoms. The van der Waals surface area contributed by atoms with Crippen LogP contribution in [0, 0.1) is 0 Å². The summed E-state index contributed by atoms with van der Waals surface area (Å²) in [6, 6.07) is 0. The Hall–Kier alpha value is -1.38. The van der Waals surface area contributed by atoms with Crippen LogP contribution in [0.1, 0.15) is 0 Å². The van der Waals surface area contributed by atoms with Crippen LogP contribution in [0.4, 0.5) is 0 Å². The lowest BCUT2D eigenvalue weighted by Crippen LogP contribution is -2.05. The lowest BCUT2D eigenvalue weighted by Gasteiger charge is -1.92. The molecule has 0 aromatic heterocycles. The highest BCUT2D eigenvalue weighted by Gasteiger charge is 2.12. The maximum atomic E-state index is 10.3. The Bertz CT molecular complexity index is 222. The molecule has 0 N–H and O–H groups in total. The fourth-order valence-electron chi connectivity index (χ4n) is 0.488. The fraction of sp³-hybridized carbons (Fsp3) is 0. The second-order valence-corrected chi connectivity index (χ2v) is 1.61. The van der Waals surface area contributed by atoms with Gasteiger partial charge >= 0.3 is 0 Å². The summed E-state index contributed by atoms with van der Waals surface area (Å²) in [4.78, 5) is 20.6. The average molecular weight is 123 g/mol. The maximum Gasteiger partial charge on any atom is 0.229 e. The summed E-state index contributed by atoms with van der Waals surface area (Å²) in [5, 5.41) is 10.3. The summed E-state index contributed by atoms with van der Waals surface area (Å²) < 4.78 is 0. The largest absolute Gasteiger partial charge is 0.290 e. The van der Waals surface area contributed by atoms with Crippen LogP contribution in [0.15, 0.2) is 24.0 Å². The lowest BCUT2D eigenvalue weighted by atomic mass is 10.1. The molecule has 9 heavy (non-hydrogen) atoms. The molecule has 1 aliphatic rings. The van der Waals surface area contributed by atoms with Crippen molar-refractivity contribution in [3.05, 3.63) is 24.0 Å². The Balaban J connectivity index is 2.95. The normalized spacial score (nSPS) is 18.0. The minimum absolute atomic E-state index is 0.417. The predicted molar refractivity (Wildman–Crippen MR) is 27.9 cm³/mol.